The molecule has 17 nitrogen and oxygen atoms in total. The lowest BCUT2D eigenvalue weighted by Gasteiger charge is -2.42. The van der Waals surface area contributed by atoms with Gasteiger partial charge in [-0.05, 0) is 94.7 Å². The summed E-state index contributed by atoms with van der Waals surface area (Å²) in [4.78, 5) is 52.1. The molecule has 21 heteroatoms. The van der Waals surface area contributed by atoms with Crippen molar-refractivity contribution in [3.8, 4) is 0 Å². The number of alkyl halides is 3. The average molecular weight is 913 g/mol. The third-order valence-corrected chi connectivity index (χ3v) is 14.4. The van der Waals surface area contributed by atoms with Gasteiger partial charge in [-0.15, -0.1) is 0 Å². The quantitative estimate of drug-likeness (QED) is 0.142. The number of aromatic nitrogens is 4. The van der Waals surface area contributed by atoms with E-state index >= 15 is 0 Å². The summed E-state index contributed by atoms with van der Waals surface area (Å²) in [7, 11) is -2.23. The van der Waals surface area contributed by atoms with Crippen LogP contribution in [0.5, 0.6) is 0 Å². The van der Waals surface area contributed by atoms with E-state index in [1.165, 1.54) is 27.7 Å². The molecule has 3 saturated heterocycles. The number of amides is 2. The highest BCUT2D eigenvalue weighted by Gasteiger charge is 2.40. The number of halogens is 3. The molecular formula is C43H55F3N10O7S. The SMILES string of the molecule is Cc1cc(S(=O)(=O)N[C@H](C)COC2CC(CN3CCN(c4cccc5c4n(C)c(=O)n5C4CCC(=O)NC4=O)CC3)C2)ccc1Nc1ncc(C(F)(F)F)c(N2CCC[C@](C)(O)C2)n1. The van der Waals surface area contributed by atoms with Crippen LogP contribution in [0.3, 0.4) is 0 Å². The number of β-amino-alcohol motifs (C(OH)–C–C–N with tert-alkyl or cyclic N) is 1. The first kappa shape index (κ1) is 45.5. The molecule has 4 aliphatic rings. The van der Waals surface area contributed by atoms with Gasteiger partial charge in [-0.1, -0.05) is 6.07 Å². The minimum Gasteiger partial charge on any atom is -0.388 e. The first-order chi connectivity index (χ1) is 30.3. The molecule has 0 bridgehead atoms. The van der Waals surface area contributed by atoms with Crippen LogP contribution in [0.2, 0.25) is 0 Å². The van der Waals surface area contributed by atoms with E-state index in [-0.39, 0.29) is 60.4 Å². The highest BCUT2D eigenvalue weighted by molar-refractivity contribution is 7.89. The number of nitrogens with one attached hydrogen (secondary N) is 3. The summed E-state index contributed by atoms with van der Waals surface area (Å²) in [5.74, 6) is -0.772. The largest absolute Gasteiger partial charge is 0.421 e. The number of anilines is 4. The molecular weight excluding hydrogens is 858 g/mol. The lowest BCUT2D eigenvalue weighted by Crippen LogP contribution is -2.50. The van der Waals surface area contributed by atoms with Gasteiger partial charge in [-0.2, -0.15) is 18.2 Å². The number of rotatable bonds is 13. The van der Waals surface area contributed by atoms with Gasteiger partial charge in [0, 0.05) is 77.2 Å². The van der Waals surface area contributed by atoms with Crippen molar-refractivity contribution in [1.82, 2.24) is 34.0 Å². The van der Waals surface area contributed by atoms with Gasteiger partial charge in [0.25, 0.3) is 0 Å². The second kappa shape index (κ2) is 17.7. The highest BCUT2D eigenvalue weighted by Crippen LogP contribution is 2.38. The second-order valence-corrected chi connectivity index (χ2v) is 19.7. The maximum atomic E-state index is 13.9. The molecule has 5 heterocycles. The molecule has 2 amide bonds. The van der Waals surface area contributed by atoms with Gasteiger partial charge in [0.1, 0.15) is 17.4 Å². The Balaban J connectivity index is 0.797. The van der Waals surface area contributed by atoms with E-state index in [2.05, 4.69) is 35.1 Å². The number of imidazole rings is 1. The number of fused-ring (bicyclic) bond motifs is 1. The van der Waals surface area contributed by atoms with E-state index in [0.29, 0.717) is 48.3 Å². The number of piperazine rings is 1. The molecule has 2 aromatic heterocycles. The Morgan fingerprint density at radius 3 is 2.50 bits per heavy atom. The minimum atomic E-state index is -4.71. The second-order valence-electron chi connectivity index (χ2n) is 18.0. The van der Waals surface area contributed by atoms with Gasteiger partial charge >= 0.3 is 11.9 Å². The van der Waals surface area contributed by atoms with Crippen LogP contribution >= 0.6 is 0 Å². The number of imide groups is 1. The zero-order chi connectivity index (χ0) is 45.7. The Hall–Kier alpha value is -5.09. The Bertz CT molecular complexity index is 2590. The average Bonchev–Trinajstić information content (AvgIpc) is 3.47. The number of sulfonamides is 1. The number of piperidine rings is 2. The standard InChI is InChI=1S/C43H55F3N10O7S/c1-26-19-30(9-10-32(26)48-40-47-22-31(43(44,45)46)38(50-40)55-14-6-13-42(3,60)25-55)64(61,62)51-27(2)24-63-29-20-28(21-29)23-53-15-17-54(18-16-53)33-7-5-8-34-37(33)52(4)41(59)56(34)35-11-12-36(57)49-39(35)58/h5,7-10,19,22,27-29,35,51,60H,6,11-18,20-21,23-25H2,1-4H3,(H,47,48,50)(H,49,57,58)/t27-,28?,29?,35?,42+/m1/s1. The lowest BCUT2D eigenvalue weighted by atomic mass is 9.81. The van der Waals surface area contributed by atoms with Crippen LogP contribution in [-0.2, 0) is 37.6 Å². The molecule has 4 fully saturated rings. The van der Waals surface area contributed by atoms with Crippen molar-refractivity contribution >= 4 is 56.0 Å². The molecule has 2 aromatic carbocycles. The van der Waals surface area contributed by atoms with E-state index in [1.54, 1.807) is 32.4 Å². The summed E-state index contributed by atoms with van der Waals surface area (Å²) < 4.78 is 80.4. The molecule has 64 heavy (non-hydrogen) atoms. The van der Waals surface area contributed by atoms with Crippen molar-refractivity contribution < 1.29 is 41.0 Å². The predicted molar refractivity (Wildman–Crippen MR) is 233 cm³/mol. The number of aryl methyl sites for hydroxylation is 2. The van der Waals surface area contributed by atoms with Crippen LogP contribution in [0, 0.1) is 12.8 Å². The molecule has 1 saturated carbocycles. The minimum absolute atomic E-state index is 0.0159. The van der Waals surface area contributed by atoms with Crippen molar-refractivity contribution in [3.05, 3.63) is 64.2 Å². The molecule has 1 unspecified atom stereocenters. The van der Waals surface area contributed by atoms with E-state index < -0.39 is 45.4 Å². The maximum Gasteiger partial charge on any atom is 0.421 e. The Morgan fingerprint density at radius 1 is 1.06 bits per heavy atom. The normalized spacial score (nSPS) is 24.2. The van der Waals surface area contributed by atoms with Crippen molar-refractivity contribution in [1.29, 1.82) is 0 Å². The summed E-state index contributed by atoms with van der Waals surface area (Å²) in [6, 6.07) is 8.86. The number of para-hydroxylation sites is 1. The number of aliphatic hydroxyl groups is 1. The predicted octanol–water partition coefficient (Wildman–Crippen LogP) is 3.81. The monoisotopic (exact) mass is 912 g/mol. The number of hydrogen-bond acceptors (Lipinski definition) is 13. The van der Waals surface area contributed by atoms with Gasteiger partial charge < -0.3 is 25.0 Å². The summed E-state index contributed by atoms with van der Waals surface area (Å²) >= 11 is 0. The molecule has 0 radical (unpaired) electrons. The van der Waals surface area contributed by atoms with Crippen LogP contribution in [0.25, 0.3) is 11.0 Å². The molecule has 8 rings (SSSR count). The molecule has 3 atom stereocenters. The van der Waals surface area contributed by atoms with Crippen molar-refractivity contribution in [2.75, 3.05) is 67.5 Å². The first-order valence-corrected chi connectivity index (χ1v) is 23.2. The van der Waals surface area contributed by atoms with Crippen molar-refractivity contribution in [3.63, 3.8) is 0 Å². The maximum absolute atomic E-state index is 13.9. The Labute approximate surface area is 369 Å². The summed E-state index contributed by atoms with van der Waals surface area (Å²) in [6.45, 7) is 9.57. The summed E-state index contributed by atoms with van der Waals surface area (Å²) in [6.07, 6.45) is -0.826. The number of ether oxygens (including phenoxy) is 1. The van der Waals surface area contributed by atoms with Gasteiger partial charge in [0.05, 0.1) is 39.9 Å². The van der Waals surface area contributed by atoms with Gasteiger partial charge in [0.15, 0.2) is 0 Å². The van der Waals surface area contributed by atoms with Crippen LogP contribution in [-0.4, -0.2) is 120 Å². The van der Waals surface area contributed by atoms with Crippen molar-refractivity contribution in [2.24, 2.45) is 13.0 Å². The lowest BCUT2D eigenvalue weighted by molar-refractivity contribution is -0.138. The number of benzene rings is 2. The fourth-order valence-corrected chi connectivity index (χ4v) is 10.7. The molecule has 4 N–H and O–H groups in total. The van der Waals surface area contributed by atoms with Crippen LogP contribution < -0.4 is 30.8 Å². The Kier molecular flexibility index (Phi) is 12.6. The topological polar surface area (TPSA) is 196 Å². The van der Waals surface area contributed by atoms with Gasteiger partial charge in [-0.25, -0.2) is 22.9 Å². The van der Waals surface area contributed by atoms with E-state index in [0.717, 1.165) is 56.8 Å². The number of carbonyl (C=O) groups is 2. The van der Waals surface area contributed by atoms with Crippen LogP contribution in [0.4, 0.5) is 36.3 Å². The molecule has 4 aromatic rings. The van der Waals surface area contributed by atoms with Crippen LogP contribution in [0.15, 0.2) is 52.3 Å². The van der Waals surface area contributed by atoms with Gasteiger partial charge in [-0.3, -0.25) is 28.9 Å². The molecule has 1 aliphatic carbocycles. The molecule has 0 spiro atoms. The number of nitrogens with zero attached hydrogens (tertiary/aromatic N) is 7. The Morgan fingerprint density at radius 2 is 1.81 bits per heavy atom. The van der Waals surface area contributed by atoms with Crippen molar-refractivity contribution in [2.45, 2.75) is 94.2 Å². The smallest absolute Gasteiger partial charge is 0.388 e. The first-order valence-electron chi connectivity index (χ1n) is 21.7. The number of carbonyl (C=O) groups excluding carboxylic acids is 2. The fraction of sp³-hybridized carbons (Fsp3) is 0.558. The fourth-order valence-electron chi connectivity index (χ4n) is 9.39. The third kappa shape index (κ3) is 9.63. The van der Waals surface area contributed by atoms with E-state index in [1.807, 2.05) is 18.2 Å². The zero-order valence-electron chi connectivity index (χ0n) is 36.3. The van der Waals surface area contributed by atoms with Crippen LogP contribution in [0.1, 0.15) is 69.5 Å². The number of hydrogen-bond donors (Lipinski definition) is 4. The summed E-state index contributed by atoms with van der Waals surface area (Å²) in [5.41, 5.74) is 0.811. The highest BCUT2D eigenvalue weighted by atomic mass is 32.2. The van der Waals surface area contributed by atoms with E-state index in [9.17, 15) is 41.1 Å². The zero-order valence-corrected chi connectivity index (χ0v) is 37.1. The van der Waals surface area contributed by atoms with Gasteiger partial charge in [0.2, 0.25) is 27.8 Å². The third-order valence-electron chi connectivity index (χ3n) is 12.8. The molecule has 3 aliphatic heterocycles. The van der Waals surface area contributed by atoms with E-state index in [4.69, 9.17) is 4.74 Å². The molecule has 346 valence electrons. The summed E-state index contributed by atoms with van der Waals surface area (Å²) in [5, 5.41) is 15.8.